The van der Waals surface area contributed by atoms with Gasteiger partial charge in [-0.05, 0) is 47.7 Å². The molecule has 0 fully saturated rings. The van der Waals surface area contributed by atoms with Crippen LogP contribution < -0.4 is 10.1 Å². The Bertz CT molecular complexity index is 1300. The highest BCUT2D eigenvalue weighted by molar-refractivity contribution is 6.43. The first-order valence-corrected chi connectivity index (χ1v) is 13.0. The van der Waals surface area contributed by atoms with Gasteiger partial charge in [0.15, 0.2) is 0 Å². The van der Waals surface area contributed by atoms with Crippen LogP contribution in [0.25, 0.3) is 11.1 Å². The molecule has 0 bridgehead atoms. The van der Waals surface area contributed by atoms with Crippen molar-refractivity contribution in [1.29, 1.82) is 0 Å². The van der Waals surface area contributed by atoms with Crippen LogP contribution in [0, 0.1) is 5.92 Å². The van der Waals surface area contributed by atoms with E-state index in [9.17, 15) is 14.8 Å². The van der Waals surface area contributed by atoms with Crippen LogP contribution in [0.3, 0.4) is 0 Å². The lowest BCUT2D eigenvalue weighted by Crippen LogP contribution is -2.56. The summed E-state index contributed by atoms with van der Waals surface area (Å²) in [4.78, 5) is 19.6. The molecule has 38 heavy (non-hydrogen) atoms. The van der Waals surface area contributed by atoms with E-state index in [-0.39, 0.29) is 18.8 Å². The standard InChI is InChI=1S/C29H32BClN2O5/c1-19(2)14-27(30(35)36)32-28(34)29(17-20-8-5-4-6-9-20)18-25(33-38-29)22-11-7-10-21(15-22)24-16-23(31)12-13-26(24)37-3/h4-13,15-16,19,27,35-36H,14,17-18H2,1-3H3,(H,32,34)/t27-,29?/m0/s1. The van der Waals surface area contributed by atoms with Crippen LogP contribution in [0.5, 0.6) is 5.75 Å². The van der Waals surface area contributed by atoms with Crippen molar-refractivity contribution in [2.45, 2.75) is 44.7 Å². The summed E-state index contributed by atoms with van der Waals surface area (Å²) < 4.78 is 5.53. The number of methoxy groups -OCH3 is 1. The number of carbonyl (C=O) groups excluding carboxylic acids is 1. The number of nitrogens with one attached hydrogen (secondary N) is 1. The van der Waals surface area contributed by atoms with Crippen molar-refractivity contribution in [1.82, 2.24) is 5.32 Å². The maximum absolute atomic E-state index is 13.7. The molecular formula is C29H32BClN2O5. The fourth-order valence-corrected chi connectivity index (χ4v) is 4.86. The van der Waals surface area contributed by atoms with Crippen LogP contribution in [0.15, 0.2) is 78.0 Å². The van der Waals surface area contributed by atoms with Gasteiger partial charge >= 0.3 is 7.12 Å². The number of ether oxygens (including phenoxy) is 1. The van der Waals surface area contributed by atoms with Crippen LogP contribution in [-0.4, -0.2) is 47.4 Å². The maximum Gasteiger partial charge on any atom is 0.475 e. The van der Waals surface area contributed by atoms with Gasteiger partial charge in [-0.1, -0.05) is 79.1 Å². The average Bonchev–Trinajstić information content (AvgIpc) is 3.34. The van der Waals surface area contributed by atoms with Gasteiger partial charge in [0.2, 0.25) is 5.60 Å². The number of hydrogen-bond donors (Lipinski definition) is 3. The van der Waals surface area contributed by atoms with Crippen molar-refractivity contribution in [2.75, 3.05) is 7.11 Å². The molecule has 0 aromatic heterocycles. The van der Waals surface area contributed by atoms with Gasteiger partial charge < -0.3 is 24.9 Å². The molecule has 1 aliphatic rings. The minimum atomic E-state index is -1.69. The van der Waals surface area contributed by atoms with Gasteiger partial charge in [-0.25, -0.2) is 0 Å². The third-order valence-corrected chi connectivity index (χ3v) is 6.84. The highest BCUT2D eigenvalue weighted by atomic mass is 35.5. The predicted octanol–water partition coefficient (Wildman–Crippen LogP) is 4.66. The third kappa shape index (κ3) is 6.38. The van der Waals surface area contributed by atoms with Crippen LogP contribution >= 0.6 is 11.6 Å². The summed E-state index contributed by atoms with van der Waals surface area (Å²) in [6.45, 7) is 3.91. The molecule has 4 rings (SSSR count). The summed E-state index contributed by atoms with van der Waals surface area (Å²) in [6, 6.07) is 22.7. The fraction of sp³-hybridized carbons (Fsp3) is 0.310. The van der Waals surface area contributed by atoms with E-state index in [1.807, 2.05) is 80.6 Å². The Balaban J connectivity index is 1.64. The van der Waals surface area contributed by atoms with Gasteiger partial charge in [0.05, 0.1) is 18.8 Å². The second-order valence-electron chi connectivity index (χ2n) is 10.0. The van der Waals surface area contributed by atoms with Crippen LogP contribution in [0.4, 0.5) is 0 Å². The van der Waals surface area contributed by atoms with E-state index in [0.29, 0.717) is 22.9 Å². The van der Waals surface area contributed by atoms with Gasteiger partial charge in [0.1, 0.15) is 5.75 Å². The Kier molecular flexibility index (Phi) is 8.77. The third-order valence-electron chi connectivity index (χ3n) is 6.60. The van der Waals surface area contributed by atoms with Gasteiger partial charge in [-0.2, -0.15) is 0 Å². The lowest BCUT2D eigenvalue weighted by Gasteiger charge is -2.29. The van der Waals surface area contributed by atoms with Gasteiger partial charge in [-0.3, -0.25) is 4.79 Å². The second kappa shape index (κ2) is 12.0. The summed E-state index contributed by atoms with van der Waals surface area (Å²) >= 11 is 6.26. The lowest BCUT2D eigenvalue weighted by molar-refractivity contribution is -0.144. The molecule has 2 atom stereocenters. The van der Waals surface area contributed by atoms with E-state index in [0.717, 1.165) is 22.3 Å². The van der Waals surface area contributed by atoms with Gasteiger partial charge in [0, 0.05) is 29.0 Å². The van der Waals surface area contributed by atoms with Crippen molar-refractivity contribution in [3.8, 4) is 16.9 Å². The van der Waals surface area contributed by atoms with Crippen molar-refractivity contribution in [3.05, 3.63) is 88.9 Å². The molecule has 3 aromatic carbocycles. The molecule has 7 nitrogen and oxygen atoms in total. The molecule has 3 N–H and O–H groups in total. The smallest absolute Gasteiger partial charge is 0.475 e. The van der Waals surface area contributed by atoms with E-state index in [1.54, 1.807) is 13.2 Å². The molecule has 1 amide bonds. The number of nitrogens with zero attached hydrogens (tertiary/aromatic N) is 1. The summed E-state index contributed by atoms with van der Waals surface area (Å²) in [6.07, 6.45) is 0.881. The first kappa shape index (κ1) is 27.7. The summed E-state index contributed by atoms with van der Waals surface area (Å²) in [5.41, 5.74) is 2.70. The van der Waals surface area contributed by atoms with Crippen LogP contribution in [0.2, 0.25) is 5.02 Å². The first-order chi connectivity index (χ1) is 18.2. The van der Waals surface area contributed by atoms with Gasteiger partial charge in [0.25, 0.3) is 5.91 Å². The number of benzene rings is 3. The number of rotatable bonds is 10. The summed E-state index contributed by atoms with van der Waals surface area (Å²) in [5, 5.41) is 27.6. The van der Waals surface area contributed by atoms with Crippen molar-refractivity contribution < 1.29 is 24.4 Å². The molecule has 1 heterocycles. The van der Waals surface area contributed by atoms with Crippen molar-refractivity contribution in [2.24, 2.45) is 11.1 Å². The molecule has 0 aliphatic carbocycles. The Hall–Kier alpha value is -3.33. The predicted molar refractivity (Wildman–Crippen MR) is 150 cm³/mol. The van der Waals surface area contributed by atoms with E-state index < -0.39 is 24.6 Å². The van der Waals surface area contributed by atoms with Crippen molar-refractivity contribution in [3.63, 3.8) is 0 Å². The zero-order chi connectivity index (χ0) is 27.3. The molecular weight excluding hydrogens is 503 g/mol. The second-order valence-corrected chi connectivity index (χ2v) is 10.4. The Labute approximate surface area is 228 Å². The molecule has 3 aromatic rings. The number of hydrogen-bond acceptors (Lipinski definition) is 6. The highest BCUT2D eigenvalue weighted by Gasteiger charge is 2.48. The quantitative estimate of drug-likeness (QED) is 0.328. The number of carbonyl (C=O) groups is 1. The molecule has 0 saturated carbocycles. The van der Waals surface area contributed by atoms with E-state index >= 15 is 0 Å². The van der Waals surface area contributed by atoms with E-state index in [1.165, 1.54) is 0 Å². The first-order valence-electron chi connectivity index (χ1n) is 12.6. The Morgan fingerprint density at radius 3 is 2.53 bits per heavy atom. The zero-order valence-electron chi connectivity index (χ0n) is 21.7. The number of amides is 1. The largest absolute Gasteiger partial charge is 0.496 e. The monoisotopic (exact) mass is 534 g/mol. The molecule has 0 radical (unpaired) electrons. The van der Waals surface area contributed by atoms with Gasteiger partial charge in [-0.15, -0.1) is 0 Å². The highest BCUT2D eigenvalue weighted by Crippen LogP contribution is 2.35. The molecule has 198 valence electrons. The molecule has 1 aliphatic heterocycles. The maximum atomic E-state index is 13.7. The minimum absolute atomic E-state index is 0.148. The summed E-state index contributed by atoms with van der Waals surface area (Å²) in [7, 11) is -0.0842. The van der Waals surface area contributed by atoms with Crippen LogP contribution in [-0.2, 0) is 16.1 Å². The van der Waals surface area contributed by atoms with E-state index in [2.05, 4.69) is 10.5 Å². The SMILES string of the molecule is COc1ccc(Cl)cc1-c1cccc(C2=NOC(Cc3ccccc3)(C(=O)N[C@@H](CC(C)C)B(O)O)C2)c1. The van der Waals surface area contributed by atoms with Crippen LogP contribution in [0.1, 0.15) is 37.8 Å². The zero-order valence-corrected chi connectivity index (χ0v) is 22.5. The normalized spacial score (nSPS) is 17.5. The fourth-order valence-electron chi connectivity index (χ4n) is 4.69. The molecule has 9 heteroatoms. The Morgan fingerprint density at radius 2 is 1.84 bits per heavy atom. The molecule has 0 spiro atoms. The Morgan fingerprint density at radius 1 is 1.11 bits per heavy atom. The number of oxime groups is 1. The average molecular weight is 535 g/mol. The number of halogens is 1. The molecule has 1 unspecified atom stereocenters. The molecule has 0 saturated heterocycles. The lowest BCUT2D eigenvalue weighted by atomic mass is 9.74. The minimum Gasteiger partial charge on any atom is -0.496 e. The summed E-state index contributed by atoms with van der Waals surface area (Å²) in [5.74, 6) is -0.435. The van der Waals surface area contributed by atoms with E-state index in [4.69, 9.17) is 21.2 Å². The topological polar surface area (TPSA) is 100 Å². The van der Waals surface area contributed by atoms with Crippen molar-refractivity contribution >= 4 is 30.3 Å².